The highest BCUT2D eigenvalue weighted by Crippen LogP contribution is 2.35. The Kier molecular flexibility index (Phi) is 9.33. The minimum absolute atomic E-state index is 0.134. The minimum atomic E-state index is -4.84. The van der Waals surface area contributed by atoms with E-state index in [-0.39, 0.29) is 17.0 Å². The van der Waals surface area contributed by atoms with Crippen molar-refractivity contribution in [3.63, 3.8) is 0 Å². The van der Waals surface area contributed by atoms with Crippen LogP contribution in [-0.4, -0.2) is 54.7 Å². The van der Waals surface area contributed by atoms with Crippen LogP contribution in [0.25, 0.3) is 0 Å². The molecule has 0 radical (unpaired) electrons. The maximum atomic E-state index is 13.7. The number of ether oxygens (including phenoxy) is 1. The summed E-state index contributed by atoms with van der Waals surface area (Å²) < 4.78 is 31.9. The Balaban J connectivity index is 1.64. The number of halogens is 1. The molecule has 12 heteroatoms. The molecule has 0 bridgehead atoms. The van der Waals surface area contributed by atoms with Gasteiger partial charge in [0, 0.05) is 39.6 Å². The molecule has 3 aromatic carbocycles. The number of anilines is 2. The number of hydrogen-bond acceptors (Lipinski definition) is 8. The van der Waals surface area contributed by atoms with Gasteiger partial charge in [0.15, 0.2) is 15.6 Å². The Morgan fingerprint density at radius 1 is 1.02 bits per heavy atom. The summed E-state index contributed by atoms with van der Waals surface area (Å²) >= 11 is 6.15. The first-order valence-corrected chi connectivity index (χ1v) is 15.2. The van der Waals surface area contributed by atoms with Gasteiger partial charge >= 0.3 is 11.9 Å². The lowest BCUT2D eigenvalue weighted by molar-refractivity contribution is -0.148. The van der Waals surface area contributed by atoms with Crippen LogP contribution >= 0.6 is 11.6 Å². The van der Waals surface area contributed by atoms with Crippen molar-refractivity contribution in [2.75, 3.05) is 22.9 Å². The van der Waals surface area contributed by atoms with Gasteiger partial charge in [0.05, 0.1) is 0 Å². The van der Waals surface area contributed by atoms with Gasteiger partial charge in [-0.2, -0.15) is 0 Å². The maximum absolute atomic E-state index is 13.7. The molecule has 0 aromatic heterocycles. The number of aliphatic carboxylic acids is 1. The number of rotatable bonds is 9. The zero-order valence-electron chi connectivity index (χ0n) is 22.8. The average molecular weight is 613 g/mol. The number of aryl methyl sites for hydroxylation is 2. The van der Waals surface area contributed by atoms with Crippen molar-refractivity contribution < 1.29 is 37.4 Å². The van der Waals surface area contributed by atoms with Crippen LogP contribution in [0.15, 0.2) is 60.7 Å². The van der Waals surface area contributed by atoms with E-state index >= 15 is 0 Å². The van der Waals surface area contributed by atoms with Crippen LogP contribution in [0.3, 0.4) is 0 Å². The number of benzene rings is 3. The number of nitrogens with one attached hydrogen (secondary N) is 2. The van der Waals surface area contributed by atoms with Gasteiger partial charge in [-0.25, -0.2) is 8.42 Å². The molecule has 3 aromatic rings. The summed E-state index contributed by atoms with van der Waals surface area (Å²) in [5.74, 6) is -6.06. The van der Waals surface area contributed by atoms with Gasteiger partial charge in [-0.1, -0.05) is 29.8 Å². The van der Waals surface area contributed by atoms with Crippen molar-refractivity contribution in [2.24, 2.45) is 0 Å². The molecule has 3 N–H and O–H groups in total. The highest BCUT2D eigenvalue weighted by atomic mass is 35.5. The summed E-state index contributed by atoms with van der Waals surface area (Å²) in [7, 11) is -4.84. The normalized spacial score (nSPS) is 15.4. The summed E-state index contributed by atoms with van der Waals surface area (Å²) in [6.45, 7) is 3.86. The number of ketones is 1. The van der Waals surface area contributed by atoms with Gasteiger partial charge in [-0.15, -0.1) is 0 Å². The van der Waals surface area contributed by atoms with E-state index in [0.717, 1.165) is 5.56 Å². The molecule has 0 fully saturated rings. The van der Waals surface area contributed by atoms with Gasteiger partial charge in [-0.05, 0) is 80.3 Å². The number of amides is 1. The summed E-state index contributed by atoms with van der Waals surface area (Å²) in [5.41, 5.74) is 2.84. The van der Waals surface area contributed by atoms with Crippen LogP contribution in [0.5, 0.6) is 0 Å². The van der Waals surface area contributed by atoms with E-state index in [2.05, 4.69) is 10.6 Å². The van der Waals surface area contributed by atoms with E-state index in [1.807, 2.05) is 0 Å². The largest absolute Gasteiger partial charge is 0.480 e. The van der Waals surface area contributed by atoms with E-state index in [1.54, 1.807) is 49.4 Å². The van der Waals surface area contributed by atoms with Crippen molar-refractivity contribution in [2.45, 2.75) is 38.0 Å². The lowest BCUT2D eigenvalue weighted by Crippen LogP contribution is -2.42. The number of fused-ring (bicyclic) bond motifs is 1. The number of carboxylic acids is 1. The second-order valence-electron chi connectivity index (χ2n) is 9.97. The van der Waals surface area contributed by atoms with Crippen LogP contribution in [-0.2, 0) is 24.2 Å². The van der Waals surface area contributed by atoms with Gasteiger partial charge in [0.1, 0.15) is 11.9 Å². The SMILES string of the molecule is Cc1ccccc1C(=O)Nc1ccc(C(=O)C(C(=O)OC2CCCNc3ccc(Cl)cc32)S(=O)(=O)CC(=O)O)c(C)c1. The molecule has 220 valence electrons. The second-order valence-corrected chi connectivity index (χ2v) is 12.5. The summed E-state index contributed by atoms with van der Waals surface area (Å²) in [6, 6.07) is 16.1. The highest BCUT2D eigenvalue weighted by molar-refractivity contribution is 7.94. The number of Topliss-reactive ketones (excluding diaryl/α,β-unsaturated/α-hetero) is 1. The van der Waals surface area contributed by atoms with E-state index in [9.17, 15) is 32.7 Å². The third kappa shape index (κ3) is 6.97. The molecule has 0 aliphatic carbocycles. The number of esters is 1. The topological polar surface area (TPSA) is 156 Å². The van der Waals surface area contributed by atoms with E-state index in [0.29, 0.717) is 46.9 Å². The fourth-order valence-electron chi connectivity index (χ4n) is 4.81. The van der Waals surface area contributed by atoms with E-state index < -0.39 is 44.7 Å². The average Bonchev–Trinajstić information content (AvgIpc) is 3.09. The molecule has 2 unspecified atom stereocenters. The Hall–Kier alpha value is -4.22. The molecule has 10 nitrogen and oxygen atoms in total. The quantitative estimate of drug-likeness (QED) is 0.176. The van der Waals surface area contributed by atoms with E-state index in [1.165, 1.54) is 25.1 Å². The molecule has 0 saturated carbocycles. The highest BCUT2D eigenvalue weighted by Gasteiger charge is 2.44. The molecule has 1 heterocycles. The van der Waals surface area contributed by atoms with Crippen LogP contribution < -0.4 is 10.6 Å². The third-order valence-corrected chi connectivity index (χ3v) is 8.86. The molecule has 2 atom stereocenters. The Bertz CT molecular complexity index is 1670. The van der Waals surface area contributed by atoms with Crippen LogP contribution in [0.1, 0.15) is 56.4 Å². The molecular weight excluding hydrogens is 584 g/mol. The standard InChI is InChI=1S/C30H29ClN2O8S/c1-17-6-3-4-7-22(17)29(37)33-20-10-11-21(18(2)14-20)27(36)28(42(39,40)16-26(34)35)30(38)41-25-8-5-13-32-24-12-9-19(31)15-23(24)25/h3-4,6-7,9-12,14-15,25,28,32H,5,8,13,16H2,1-2H3,(H,33,37)(H,34,35). The number of sulfone groups is 1. The first-order chi connectivity index (χ1) is 19.9. The van der Waals surface area contributed by atoms with Gasteiger partial charge in [0.2, 0.25) is 5.25 Å². The predicted molar refractivity (Wildman–Crippen MR) is 158 cm³/mol. The van der Waals surface area contributed by atoms with Crippen molar-refractivity contribution in [3.05, 3.63) is 93.5 Å². The van der Waals surface area contributed by atoms with Crippen molar-refractivity contribution in [1.82, 2.24) is 0 Å². The van der Waals surface area contributed by atoms with Crippen LogP contribution in [0.2, 0.25) is 5.02 Å². The Morgan fingerprint density at radius 3 is 2.45 bits per heavy atom. The van der Waals surface area contributed by atoms with Crippen molar-refractivity contribution >= 4 is 56.4 Å². The smallest absolute Gasteiger partial charge is 0.333 e. The van der Waals surface area contributed by atoms with Gasteiger partial charge < -0.3 is 20.5 Å². The number of carbonyl (C=O) groups is 4. The molecule has 1 amide bonds. The monoisotopic (exact) mass is 612 g/mol. The first-order valence-electron chi connectivity index (χ1n) is 13.1. The Morgan fingerprint density at radius 2 is 1.76 bits per heavy atom. The third-order valence-electron chi connectivity index (χ3n) is 6.85. The zero-order valence-corrected chi connectivity index (χ0v) is 24.4. The molecule has 0 saturated heterocycles. The lowest BCUT2D eigenvalue weighted by atomic mass is 10.0. The number of carboxylic acid groups (broad SMARTS) is 1. The predicted octanol–water partition coefficient (Wildman–Crippen LogP) is 4.75. The molecule has 1 aliphatic heterocycles. The Labute approximate surface area is 248 Å². The number of carbonyl (C=O) groups excluding carboxylic acids is 3. The summed E-state index contributed by atoms with van der Waals surface area (Å²) in [5, 5.41) is 13.1. The fraction of sp³-hybridized carbons (Fsp3) is 0.267. The number of hydrogen-bond donors (Lipinski definition) is 3. The van der Waals surface area contributed by atoms with Gasteiger partial charge in [0.25, 0.3) is 5.91 Å². The van der Waals surface area contributed by atoms with Crippen molar-refractivity contribution in [3.8, 4) is 0 Å². The lowest BCUT2D eigenvalue weighted by Gasteiger charge is -2.22. The molecular formula is C30H29ClN2O8S. The first kappa shape index (κ1) is 30.7. The zero-order chi connectivity index (χ0) is 30.6. The van der Waals surface area contributed by atoms with Gasteiger partial charge in [-0.3, -0.25) is 19.2 Å². The van der Waals surface area contributed by atoms with E-state index in [4.69, 9.17) is 16.3 Å². The molecule has 1 aliphatic rings. The summed E-state index contributed by atoms with van der Waals surface area (Å²) in [6.07, 6.45) is -0.0311. The summed E-state index contributed by atoms with van der Waals surface area (Å²) in [4.78, 5) is 51.2. The molecule has 4 rings (SSSR count). The minimum Gasteiger partial charge on any atom is -0.480 e. The molecule has 0 spiro atoms. The molecule has 42 heavy (non-hydrogen) atoms. The second kappa shape index (κ2) is 12.7. The van der Waals surface area contributed by atoms with Crippen molar-refractivity contribution in [1.29, 1.82) is 0 Å². The fourth-order valence-corrected chi connectivity index (χ4v) is 6.30. The van der Waals surface area contributed by atoms with Crippen LogP contribution in [0, 0.1) is 13.8 Å². The van der Waals surface area contributed by atoms with Crippen LogP contribution in [0.4, 0.5) is 11.4 Å². The maximum Gasteiger partial charge on any atom is 0.333 e.